The smallest absolute Gasteiger partial charge is 0.0266 e. The monoisotopic (exact) mass is 195 g/mol. The molecule has 1 unspecified atom stereocenters. The van der Waals surface area contributed by atoms with Gasteiger partial charge in [0.2, 0.25) is 0 Å². The van der Waals surface area contributed by atoms with Crippen molar-refractivity contribution in [1.82, 2.24) is 0 Å². The van der Waals surface area contributed by atoms with Gasteiger partial charge in [-0.2, -0.15) is 0 Å². The fourth-order valence-electron chi connectivity index (χ4n) is 1.27. The molecule has 1 aromatic carbocycles. The Morgan fingerprint density at radius 2 is 2.15 bits per heavy atom. The van der Waals surface area contributed by atoms with Crippen molar-refractivity contribution in [3.05, 3.63) is 29.3 Å². The Balaban J connectivity index is 2.92. The zero-order chi connectivity index (χ0) is 9.84. The second kappa shape index (κ2) is 4.68. The van der Waals surface area contributed by atoms with E-state index in [1.165, 1.54) is 16.0 Å². The van der Waals surface area contributed by atoms with Gasteiger partial charge in [0, 0.05) is 10.9 Å². The summed E-state index contributed by atoms with van der Waals surface area (Å²) in [4.78, 5) is 1.37. The average Bonchev–Trinajstić information content (AvgIpc) is 2.08. The van der Waals surface area contributed by atoms with E-state index in [0.29, 0.717) is 0 Å². The van der Waals surface area contributed by atoms with Crippen LogP contribution in [0.4, 0.5) is 0 Å². The van der Waals surface area contributed by atoms with E-state index in [0.717, 1.165) is 5.75 Å². The third-order valence-corrected chi connectivity index (χ3v) is 3.08. The zero-order valence-electron chi connectivity index (χ0n) is 8.50. The molecular formula is C11H17NS. The van der Waals surface area contributed by atoms with E-state index < -0.39 is 0 Å². The molecule has 2 N–H and O–H groups in total. The summed E-state index contributed by atoms with van der Waals surface area (Å²) in [5.41, 5.74) is 8.36. The van der Waals surface area contributed by atoms with Crippen LogP contribution in [-0.2, 0) is 0 Å². The van der Waals surface area contributed by atoms with Crippen LogP contribution >= 0.6 is 11.8 Å². The number of rotatable bonds is 3. The average molecular weight is 195 g/mol. The molecule has 1 rings (SSSR count). The maximum atomic E-state index is 5.80. The Hall–Kier alpha value is -0.470. The van der Waals surface area contributed by atoms with Crippen LogP contribution < -0.4 is 5.73 Å². The Kier molecular flexibility index (Phi) is 3.82. The van der Waals surface area contributed by atoms with Crippen LogP contribution in [-0.4, -0.2) is 5.75 Å². The van der Waals surface area contributed by atoms with Gasteiger partial charge in [0.15, 0.2) is 0 Å². The molecule has 0 aromatic heterocycles. The molecule has 0 aliphatic carbocycles. The first-order valence-corrected chi connectivity index (χ1v) is 5.62. The summed E-state index contributed by atoms with van der Waals surface area (Å²) < 4.78 is 0. The lowest BCUT2D eigenvalue weighted by Crippen LogP contribution is -2.04. The predicted octanol–water partition coefficient (Wildman–Crippen LogP) is 3.13. The Bertz CT molecular complexity index is 281. The van der Waals surface area contributed by atoms with Crippen molar-refractivity contribution in [3.8, 4) is 0 Å². The fourth-order valence-corrected chi connectivity index (χ4v) is 2.04. The number of hydrogen-bond acceptors (Lipinski definition) is 2. The van der Waals surface area contributed by atoms with Crippen molar-refractivity contribution in [2.75, 3.05) is 5.75 Å². The summed E-state index contributed by atoms with van der Waals surface area (Å²) in [6, 6.07) is 6.61. The third-order valence-electron chi connectivity index (χ3n) is 2.02. The molecule has 1 atom stereocenters. The van der Waals surface area contributed by atoms with E-state index in [4.69, 9.17) is 5.73 Å². The van der Waals surface area contributed by atoms with Gasteiger partial charge in [-0.3, -0.25) is 0 Å². The standard InChI is InChI=1S/C11H17NS/c1-4-13-11-6-5-10(9(3)12)7-8(11)2/h5-7,9H,4,12H2,1-3H3. The lowest BCUT2D eigenvalue weighted by molar-refractivity contribution is 0.815. The minimum absolute atomic E-state index is 0.138. The summed E-state index contributed by atoms with van der Waals surface area (Å²) in [7, 11) is 0. The number of aryl methyl sites for hydroxylation is 1. The summed E-state index contributed by atoms with van der Waals surface area (Å²) >= 11 is 1.88. The molecule has 1 aromatic rings. The van der Waals surface area contributed by atoms with E-state index in [2.05, 4.69) is 32.0 Å². The SMILES string of the molecule is CCSc1ccc(C(C)N)cc1C. The van der Waals surface area contributed by atoms with Crippen molar-refractivity contribution in [3.63, 3.8) is 0 Å². The Morgan fingerprint density at radius 1 is 1.46 bits per heavy atom. The van der Waals surface area contributed by atoms with Gasteiger partial charge < -0.3 is 5.73 Å². The van der Waals surface area contributed by atoms with Crippen LogP contribution in [0.15, 0.2) is 23.1 Å². The number of thioether (sulfide) groups is 1. The van der Waals surface area contributed by atoms with Crippen molar-refractivity contribution < 1.29 is 0 Å². The van der Waals surface area contributed by atoms with E-state index in [9.17, 15) is 0 Å². The largest absolute Gasteiger partial charge is 0.324 e. The molecule has 13 heavy (non-hydrogen) atoms. The number of hydrogen-bond donors (Lipinski definition) is 1. The molecule has 72 valence electrons. The summed E-state index contributed by atoms with van der Waals surface area (Å²) in [5.74, 6) is 1.12. The fraction of sp³-hybridized carbons (Fsp3) is 0.455. The summed E-state index contributed by atoms with van der Waals surface area (Å²) in [5, 5.41) is 0. The third kappa shape index (κ3) is 2.75. The lowest BCUT2D eigenvalue weighted by Gasteiger charge is -2.09. The quantitative estimate of drug-likeness (QED) is 0.750. The second-order valence-electron chi connectivity index (χ2n) is 3.25. The molecule has 0 amide bonds. The molecule has 0 aliphatic rings. The molecule has 0 saturated heterocycles. The van der Waals surface area contributed by atoms with Gasteiger partial charge in [-0.15, -0.1) is 11.8 Å². The van der Waals surface area contributed by atoms with Crippen LogP contribution in [0.25, 0.3) is 0 Å². The van der Waals surface area contributed by atoms with Crippen molar-refractivity contribution in [1.29, 1.82) is 0 Å². The van der Waals surface area contributed by atoms with Crippen LogP contribution in [0.5, 0.6) is 0 Å². The normalized spacial score (nSPS) is 12.9. The first kappa shape index (κ1) is 10.6. The molecular weight excluding hydrogens is 178 g/mol. The first-order chi connectivity index (χ1) is 6.15. The molecule has 0 bridgehead atoms. The molecule has 0 aliphatic heterocycles. The van der Waals surface area contributed by atoms with Gasteiger partial charge >= 0.3 is 0 Å². The van der Waals surface area contributed by atoms with Gasteiger partial charge in [0.05, 0.1) is 0 Å². The highest BCUT2D eigenvalue weighted by Gasteiger charge is 2.02. The minimum atomic E-state index is 0.138. The van der Waals surface area contributed by atoms with Gasteiger partial charge in [-0.1, -0.05) is 19.1 Å². The number of benzene rings is 1. The van der Waals surface area contributed by atoms with E-state index in [1.54, 1.807) is 0 Å². The maximum absolute atomic E-state index is 5.80. The van der Waals surface area contributed by atoms with Crippen molar-refractivity contribution in [2.45, 2.75) is 31.7 Å². The predicted molar refractivity (Wildman–Crippen MR) is 60.2 cm³/mol. The highest BCUT2D eigenvalue weighted by molar-refractivity contribution is 7.99. The topological polar surface area (TPSA) is 26.0 Å². The highest BCUT2D eigenvalue weighted by Crippen LogP contribution is 2.24. The van der Waals surface area contributed by atoms with Gasteiger partial charge in [-0.25, -0.2) is 0 Å². The molecule has 0 saturated carbocycles. The summed E-state index contributed by atoms with van der Waals surface area (Å²) in [6.07, 6.45) is 0. The van der Waals surface area contributed by atoms with Crippen molar-refractivity contribution >= 4 is 11.8 Å². The first-order valence-electron chi connectivity index (χ1n) is 4.64. The molecule has 0 spiro atoms. The molecule has 2 heteroatoms. The Morgan fingerprint density at radius 3 is 2.62 bits per heavy atom. The highest BCUT2D eigenvalue weighted by atomic mass is 32.2. The minimum Gasteiger partial charge on any atom is -0.324 e. The van der Waals surface area contributed by atoms with Crippen LogP contribution in [0.2, 0.25) is 0 Å². The van der Waals surface area contributed by atoms with E-state index >= 15 is 0 Å². The Labute approximate surface area is 84.7 Å². The van der Waals surface area contributed by atoms with Crippen LogP contribution in [0, 0.1) is 6.92 Å². The van der Waals surface area contributed by atoms with Crippen LogP contribution in [0.1, 0.15) is 31.0 Å². The second-order valence-corrected chi connectivity index (χ2v) is 4.55. The lowest BCUT2D eigenvalue weighted by atomic mass is 10.1. The maximum Gasteiger partial charge on any atom is 0.0266 e. The molecule has 1 nitrogen and oxygen atoms in total. The van der Waals surface area contributed by atoms with Gasteiger partial charge in [0.1, 0.15) is 0 Å². The zero-order valence-corrected chi connectivity index (χ0v) is 9.32. The van der Waals surface area contributed by atoms with E-state index in [-0.39, 0.29) is 6.04 Å². The molecule has 0 heterocycles. The molecule has 0 fully saturated rings. The van der Waals surface area contributed by atoms with Crippen molar-refractivity contribution in [2.24, 2.45) is 5.73 Å². The van der Waals surface area contributed by atoms with Gasteiger partial charge in [-0.05, 0) is 36.8 Å². The molecule has 0 radical (unpaired) electrons. The van der Waals surface area contributed by atoms with Gasteiger partial charge in [0.25, 0.3) is 0 Å². The summed E-state index contributed by atoms with van der Waals surface area (Å²) in [6.45, 7) is 6.33. The van der Waals surface area contributed by atoms with E-state index in [1.807, 2.05) is 18.7 Å². The van der Waals surface area contributed by atoms with Crippen LogP contribution in [0.3, 0.4) is 0 Å². The number of nitrogens with two attached hydrogens (primary N) is 1.